The van der Waals surface area contributed by atoms with Crippen LogP contribution in [0.15, 0.2) is 48.5 Å². The Labute approximate surface area is 133 Å². The van der Waals surface area contributed by atoms with E-state index in [2.05, 4.69) is 18.2 Å². The van der Waals surface area contributed by atoms with Gasteiger partial charge in [-0.3, -0.25) is 9.00 Å². The summed E-state index contributed by atoms with van der Waals surface area (Å²) in [6, 6.07) is 15.5. The van der Waals surface area contributed by atoms with Crippen LogP contribution >= 0.6 is 0 Å². The van der Waals surface area contributed by atoms with Crippen molar-refractivity contribution in [3.63, 3.8) is 0 Å². The lowest BCUT2D eigenvalue weighted by Crippen LogP contribution is -2.25. The third kappa shape index (κ3) is 3.28. The van der Waals surface area contributed by atoms with Gasteiger partial charge in [0.2, 0.25) is 5.91 Å². The van der Waals surface area contributed by atoms with Gasteiger partial charge in [-0.25, -0.2) is 0 Å². The van der Waals surface area contributed by atoms with E-state index in [4.69, 9.17) is 5.73 Å². The highest BCUT2D eigenvalue weighted by Gasteiger charge is 2.23. The molecule has 0 spiro atoms. The average Bonchev–Trinajstić information content (AvgIpc) is 2.54. The molecule has 0 heterocycles. The van der Waals surface area contributed by atoms with Crippen LogP contribution in [0.1, 0.15) is 33.5 Å². The third-order valence-electron chi connectivity index (χ3n) is 4.19. The molecule has 2 aromatic carbocycles. The summed E-state index contributed by atoms with van der Waals surface area (Å²) in [5.74, 6) is 0.0350. The van der Waals surface area contributed by atoms with Gasteiger partial charge in [-0.2, -0.15) is 0 Å². The number of carbonyl (C=O) groups excluding carboxylic acids is 1. The van der Waals surface area contributed by atoms with Gasteiger partial charge >= 0.3 is 0 Å². The molecule has 2 unspecified atom stereocenters. The Morgan fingerprint density at radius 1 is 1.14 bits per heavy atom. The van der Waals surface area contributed by atoms with E-state index < -0.39 is 16.7 Å². The van der Waals surface area contributed by atoms with Crippen molar-refractivity contribution in [2.24, 2.45) is 5.73 Å². The summed E-state index contributed by atoms with van der Waals surface area (Å²) in [5, 5.41) is 0.187. The summed E-state index contributed by atoms with van der Waals surface area (Å²) in [6.45, 7) is 0. The molecule has 0 fully saturated rings. The van der Waals surface area contributed by atoms with Crippen molar-refractivity contribution in [1.29, 1.82) is 0 Å². The normalized spacial score (nSPS) is 18.5. The molecule has 1 aliphatic carbocycles. The monoisotopic (exact) mass is 313 g/mol. The number of fused-ring (bicyclic) bond motifs is 1. The van der Waals surface area contributed by atoms with Gasteiger partial charge in [0.1, 0.15) is 0 Å². The molecule has 0 saturated heterocycles. The van der Waals surface area contributed by atoms with Crippen molar-refractivity contribution in [2.45, 2.75) is 30.3 Å². The Morgan fingerprint density at radius 3 is 2.68 bits per heavy atom. The molecule has 0 saturated carbocycles. The summed E-state index contributed by atoms with van der Waals surface area (Å²) in [6.07, 6.45) is 2.82. The van der Waals surface area contributed by atoms with E-state index in [9.17, 15) is 9.00 Å². The highest BCUT2D eigenvalue weighted by atomic mass is 32.2. The van der Waals surface area contributed by atoms with Crippen LogP contribution in [-0.4, -0.2) is 15.4 Å². The number of rotatable bonds is 4. The summed E-state index contributed by atoms with van der Waals surface area (Å²) < 4.78 is 12.7. The number of carbonyl (C=O) groups is 1. The molecule has 2 aromatic rings. The molecule has 1 aliphatic rings. The van der Waals surface area contributed by atoms with Crippen LogP contribution in [0.2, 0.25) is 0 Å². The zero-order valence-corrected chi connectivity index (χ0v) is 13.1. The lowest BCUT2D eigenvalue weighted by Gasteiger charge is -2.24. The minimum atomic E-state index is -0.938. The Balaban J connectivity index is 1.71. The maximum Gasteiger partial charge on any atom is 0.248 e. The molecule has 22 heavy (non-hydrogen) atoms. The van der Waals surface area contributed by atoms with Gasteiger partial charge in [-0.15, -0.1) is 0 Å². The van der Waals surface area contributed by atoms with Crippen molar-refractivity contribution in [2.75, 3.05) is 0 Å². The Hall–Kier alpha value is -1.94. The smallest absolute Gasteiger partial charge is 0.248 e. The zero-order chi connectivity index (χ0) is 15.5. The average molecular weight is 313 g/mol. The summed E-state index contributed by atoms with van der Waals surface area (Å²) >= 11 is 0. The number of primary amides is 1. The highest BCUT2D eigenvalue weighted by molar-refractivity contribution is 7.84. The molecule has 0 aromatic heterocycles. The van der Waals surface area contributed by atoms with Crippen molar-refractivity contribution in [3.8, 4) is 0 Å². The number of hydrogen-bond acceptors (Lipinski definition) is 2. The third-order valence-corrected chi connectivity index (χ3v) is 5.96. The van der Waals surface area contributed by atoms with Gasteiger partial charge in [0.15, 0.2) is 0 Å². The van der Waals surface area contributed by atoms with Gasteiger partial charge in [0, 0.05) is 27.4 Å². The van der Waals surface area contributed by atoms with E-state index >= 15 is 0 Å². The number of hydrogen-bond donors (Lipinski definition) is 1. The quantitative estimate of drug-likeness (QED) is 0.943. The lowest BCUT2D eigenvalue weighted by atomic mass is 9.92. The van der Waals surface area contributed by atoms with E-state index in [1.54, 1.807) is 18.2 Å². The van der Waals surface area contributed by atoms with Crippen LogP contribution in [-0.2, 0) is 29.4 Å². The fourth-order valence-corrected chi connectivity index (χ4v) is 4.48. The van der Waals surface area contributed by atoms with Crippen LogP contribution < -0.4 is 5.73 Å². The van der Waals surface area contributed by atoms with Crippen LogP contribution in [0.3, 0.4) is 0 Å². The fourth-order valence-electron chi connectivity index (χ4n) is 2.99. The minimum absolute atomic E-state index is 0.187. The minimum Gasteiger partial charge on any atom is -0.366 e. The molecule has 3 nitrogen and oxygen atoms in total. The van der Waals surface area contributed by atoms with E-state index in [0.717, 1.165) is 24.8 Å². The first kappa shape index (κ1) is 15.0. The second-order valence-electron chi connectivity index (χ2n) is 5.72. The SMILES string of the molecule is NC(=O)c1cccc(CS(=O)C2CCc3ccccc3C2)c1. The lowest BCUT2D eigenvalue weighted by molar-refractivity contribution is 0.1000. The van der Waals surface area contributed by atoms with Crippen LogP contribution in [0, 0.1) is 0 Å². The second-order valence-corrected chi connectivity index (χ2v) is 7.44. The van der Waals surface area contributed by atoms with Crippen molar-refractivity contribution in [3.05, 3.63) is 70.8 Å². The Kier molecular flexibility index (Phi) is 4.39. The molecule has 0 bridgehead atoms. The number of benzene rings is 2. The molecular formula is C18H19NO2S. The molecule has 3 rings (SSSR count). The number of amides is 1. The Morgan fingerprint density at radius 2 is 1.91 bits per heavy atom. The van der Waals surface area contributed by atoms with Gasteiger partial charge in [0.25, 0.3) is 0 Å². The van der Waals surface area contributed by atoms with E-state index in [1.165, 1.54) is 11.1 Å². The van der Waals surface area contributed by atoms with Crippen molar-refractivity contribution in [1.82, 2.24) is 0 Å². The zero-order valence-electron chi connectivity index (χ0n) is 12.3. The Bertz CT molecular complexity index is 727. The highest BCUT2D eigenvalue weighted by Crippen LogP contribution is 2.25. The molecule has 114 valence electrons. The maximum atomic E-state index is 12.7. The van der Waals surface area contributed by atoms with E-state index in [-0.39, 0.29) is 5.25 Å². The van der Waals surface area contributed by atoms with E-state index in [1.807, 2.05) is 12.1 Å². The fraction of sp³-hybridized carbons (Fsp3) is 0.278. The topological polar surface area (TPSA) is 60.2 Å². The maximum absolute atomic E-state index is 12.7. The number of nitrogens with two attached hydrogens (primary N) is 1. The predicted molar refractivity (Wildman–Crippen MR) is 89.1 cm³/mol. The summed E-state index contributed by atoms with van der Waals surface area (Å²) in [5.41, 5.74) is 9.38. The molecule has 2 atom stereocenters. The molecule has 2 N–H and O–H groups in total. The van der Waals surface area contributed by atoms with Crippen molar-refractivity contribution < 1.29 is 9.00 Å². The molecule has 0 radical (unpaired) electrons. The first-order chi connectivity index (χ1) is 10.6. The molecule has 1 amide bonds. The van der Waals surface area contributed by atoms with Gasteiger partial charge in [0.05, 0.1) is 0 Å². The first-order valence-electron chi connectivity index (χ1n) is 7.46. The van der Waals surface area contributed by atoms with E-state index in [0.29, 0.717) is 11.3 Å². The summed E-state index contributed by atoms with van der Waals surface area (Å²) in [4.78, 5) is 11.2. The standard InChI is InChI=1S/C18H19NO2S/c19-18(20)16-7-3-4-13(10-16)12-22(21)17-9-8-14-5-1-2-6-15(14)11-17/h1-7,10,17H,8-9,11-12H2,(H2,19,20). The molecular weight excluding hydrogens is 294 g/mol. The molecule has 0 aliphatic heterocycles. The second kappa shape index (κ2) is 6.44. The van der Waals surface area contributed by atoms with Gasteiger partial charge in [-0.05, 0) is 48.1 Å². The van der Waals surface area contributed by atoms with Gasteiger partial charge in [-0.1, -0.05) is 36.4 Å². The largest absolute Gasteiger partial charge is 0.366 e. The number of aryl methyl sites for hydroxylation is 1. The first-order valence-corrected chi connectivity index (χ1v) is 8.84. The van der Waals surface area contributed by atoms with Crippen molar-refractivity contribution >= 4 is 16.7 Å². The van der Waals surface area contributed by atoms with Gasteiger partial charge < -0.3 is 5.73 Å². The van der Waals surface area contributed by atoms with Crippen LogP contribution in [0.25, 0.3) is 0 Å². The summed E-state index contributed by atoms with van der Waals surface area (Å²) in [7, 11) is -0.938. The molecule has 4 heteroatoms. The predicted octanol–water partition coefficient (Wildman–Crippen LogP) is 2.59. The van der Waals surface area contributed by atoms with Crippen LogP contribution in [0.4, 0.5) is 0 Å². The van der Waals surface area contributed by atoms with Crippen LogP contribution in [0.5, 0.6) is 0 Å².